The highest BCUT2D eigenvalue weighted by atomic mass is 19.1. The zero-order valence-electron chi connectivity index (χ0n) is 12.4. The van der Waals surface area contributed by atoms with Crippen LogP contribution in [0.25, 0.3) is 11.5 Å². The summed E-state index contributed by atoms with van der Waals surface area (Å²) in [5.41, 5.74) is 1.96. The Bertz CT molecular complexity index is 828. The number of benzene rings is 2. The Morgan fingerprint density at radius 3 is 2.61 bits per heavy atom. The normalized spacial score (nSPS) is 10.5. The third kappa shape index (κ3) is 3.42. The van der Waals surface area contributed by atoms with Crippen LogP contribution in [-0.2, 0) is 6.54 Å². The van der Waals surface area contributed by atoms with Crippen molar-refractivity contribution in [2.75, 3.05) is 5.32 Å². The van der Waals surface area contributed by atoms with Gasteiger partial charge in [-0.1, -0.05) is 12.1 Å². The Labute approximate surface area is 132 Å². The molecule has 1 N–H and O–H groups in total. The molecule has 0 saturated heterocycles. The van der Waals surface area contributed by atoms with Crippen molar-refractivity contribution in [3.63, 3.8) is 0 Å². The van der Waals surface area contributed by atoms with Gasteiger partial charge in [-0.2, -0.15) is 0 Å². The molecule has 116 valence electrons. The lowest BCUT2D eigenvalue weighted by atomic mass is 10.1. The van der Waals surface area contributed by atoms with Gasteiger partial charge in [0.05, 0.1) is 6.54 Å². The average molecular weight is 311 g/mol. The van der Waals surface area contributed by atoms with Gasteiger partial charge in [-0.15, -0.1) is 10.2 Å². The van der Waals surface area contributed by atoms with E-state index in [0.29, 0.717) is 35.1 Å². The predicted molar refractivity (Wildman–Crippen MR) is 83.5 cm³/mol. The Morgan fingerprint density at radius 1 is 1.13 bits per heavy atom. The van der Waals surface area contributed by atoms with Crippen molar-refractivity contribution in [3.05, 3.63) is 65.8 Å². The van der Waals surface area contributed by atoms with Crippen LogP contribution in [0.15, 0.2) is 52.9 Å². The monoisotopic (exact) mass is 311 g/mol. The molecule has 0 amide bonds. The Kier molecular flexibility index (Phi) is 4.14. The summed E-state index contributed by atoms with van der Waals surface area (Å²) < 4.78 is 18.5. The van der Waals surface area contributed by atoms with Crippen molar-refractivity contribution >= 4 is 11.5 Å². The first-order valence-corrected chi connectivity index (χ1v) is 7.05. The van der Waals surface area contributed by atoms with Crippen LogP contribution in [0.2, 0.25) is 0 Å². The van der Waals surface area contributed by atoms with Gasteiger partial charge in [-0.3, -0.25) is 4.79 Å². The van der Waals surface area contributed by atoms with Gasteiger partial charge in [-0.05, 0) is 43.3 Å². The average Bonchev–Trinajstić information content (AvgIpc) is 3.03. The van der Waals surface area contributed by atoms with Crippen LogP contribution >= 0.6 is 0 Å². The second kappa shape index (κ2) is 6.39. The molecule has 6 heteroatoms. The molecule has 3 aromatic rings. The molecule has 0 aliphatic rings. The lowest BCUT2D eigenvalue weighted by Crippen LogP contribution is -2.05. The van der Waals surface area contributed by atoms with E-state index < -0.39 is 0 Å². The summed E-state index contributed by atoms with van der Waals surface area (Å²) in [5, 5.41) is 11.0. The van der Waals surface area contributed by atoms with E-state index in [2.05, 4.69) is 15.5 Å². The van der Waals surface area contributed by atoms with Crippen LogP contribution in [0.5, 0.6) is 0 Å². The Morgan fingerprint density at radius 2 is 1.87 bits per heavy atom. The second-order valence-corrected chi connectivity index (χ2v) is 4.96. The molecule has 0 radical (unpaired) electrons. The largest absolute Gasteiger partial charge is 0.419 e. The topological polar surface area (TPSA) is 68.0 Å². The molecule has 0 fully saturated rings. The number of aromatic nitrogens is 2. The molecule has 0 aliphatic heterocycles. The lowest BCUT2D eigenvalue weighted by molar-refractivity contribution is 0.101. The zero-order chi connectivity index (χ0) is 16.2. The van der Waals surface area contributed by atoms with E-state index in [0.717, 1.165) is 0 Å². The molecule has 0 spiro atoms. The number of nitrogens with zero attached hydrogens (tertiary/aromatic N) is 2. The third-order valence-corrected chi connectivity index (χ3v) is 3.29. The van der Waals surface area contributed by atoms with E-state index >= 15 is 0 Å². The number of carbonyl (C=O) groups excluding carboxylic acids is 1. The molecule has 0 saturated carbocycles. The summed E-state index contributed by atoms with van der Waals surface area (Å²) in [6, 6.07) is 13.0. The maximum Gasteiger partial charge on any atom is 0.247 e. The molecule has 1 aromatic heterocycles. The maximum atomic E-state index is 12.9. The van der Waals surface area contributed by atoms with Crippen LogP contribution in [-0.4, -0.2) is 16.0 Å². The molecule has 23 heavy (non-hydrogen) atoms. The van der Waals surface area contributed by atoms with Crippen LogP contribution in [0.3, 0.4) is 0 Å². The first-order chi connectivity index (χ1) is 11.1. The fourth-order valence-corrected chi connectivity index (χ4v) is 2.15. The standard InChI is InChI=1S/C17H14FN3O2/c1-11(22)14-4-2-3-5-15(14)19-10-16-20-21-17(23-16)12-6-8-13(18)9-7-12/h2-9,19H,10H2,1H3. The van der Waals surface area contributed by atoms with E-state index in [1.165, 1.54) is 19.1 Å². The van der Waals surface area contributed by atoms with Gasteiger partial charge < -0.3 is 9.73 Å². The summed E-state index contributed by atoms with van der Waals surface area (Å²) in [6.45, 7) is 1.80. The quantitative estimate of drug-likeness (QED) is 0.728. The number of carbonyl (C=O) groups is 1. The molecule has 0 aliphatic carbocycles. The smallest absolute Gasteiger partial charge is 0.247 e. The van der Waals surface area contributed by atoms with Gasteiger partial charge in [0.25, 0.3) is 0 Å². The van der Waals surface area contributed by atoms with Crippen molar-refractivity contribution < 1.29 is 13.6 Å². The minimum absolute atomic E-state index is 0.0226. The molecule has 2 aromatic carbocycles. The van der Waals surface area contributed by atoms with E-state index in [1.807, 2.05) is 12.1 Å². The predicted octanol–water partition coefficient (Wildman–Crippen LogP) is 3.69. The molecule has 0 atom stereocenters. The molecule has 0 bridgehead atoms. The summed E-state index contributed by atoms with van der Waals surface area (Å²) in [4.78, 5) is 11.6. The number of rotatable bonds is 5. The van der Waals surface area contributed by atoms with Gasteiger partial charge in [0, 0.05) is 16.8 Å². The number of halogens is 1. The highest BCUT2D eigenvalue weighted by molar-refractivity contribution is 5.99. The number of Topliss-reactive ketones (excluding diaryl/α,β-unsaturated/α-hetero) is 1. The van der Waals surface area contributed by atoms with Crippen molar-refractivity contribution in [2.45, 2.75) is 13.5 Å². The van der Waals surface area contributed by atoms with Crippen LogP contribution in [0.4, 0.5) is 10.1 Å². The molecular formula is C17H14FN3O2. The first-order valence-electron chi connectivity index (χ1n) is 7.05. The van der Waals surface area contributed by atoms with Crippen molar-refractivity contribution in [3.8, 4) is 11.5 Å². The number of ketones is 1. The second-order valence-electron chi connectivity index (χ2n) is 4.96. The molecule has 1 heterocycles. The van der Waals surface area contributed by atoms with Gasteiger partial charge in [0.15, 0.2) is 5.78 Å². The van der Waals surface area contributed by atoms with Gasteiger partial charge in [0.2, 0.25) is 11.8 Å². The summed E-state index contributed by atoms with van der Waals surface area (Å²) >= 11 is 0. The zero-order valence-corrected chi connectivity index (χ0v) is 12.4. The molecule has 3 rings (SSSR count). The lowest BCUT2D eigenvalue weighted by Gasteiger charge is -2.07. The van der Waals surface area contributed by atoms with Crippen LogP contribution < -0.4 is 5.32 Å². The van der Waals surface area contributed by atoms with Crippen molar-refractivity contribution in [1.29, 1.82) is 0 Å². The third-order valence-electron chi connectivity index (χ3n) is 3.29. The fourth-order valence-electron chi connectivity index (χ4n) is 2.15. The minimum atomic E-state index is -0.323. The summed E-state index contributed by atoms with van der Waals surface area (Å²) in [7, 11) is 0. The SMILES string of the molecule is CC(=O)c1ccccc1NCc1nnc(-c2ccc(F)cc2)o1. The highest BCUT2D eigenvalue weighted by Gasteiger charge is 2.10. The van der Waals surface area contributed by atoms with Gasteiger partial charge in [0.1, 0.15) is 5.82 Å². The summed E-state index contributed by atoms with van der Waals surface area (Å²) in [5.74, 6) is 0.353. The van der Waals surface area contributed by atoms with E-state index in [-0.39, 0.29) is 11.6 Å². The highest BCUT2D eigenvalue weighted by Crippen LogP contribution is 2.20. The van der Waals surface area contributed by atoms with E-state index in [4.69, 9.17) is 4.42 Å². The fraction of sp³-hybridized carbons (Fsp3) is 0.118. The van der Waals surface area contributed by atoms with Gasteiger partial charge in [-0.25, -0.2) is 4.39 Å². The number of para-hydroxylation sites is 1. The number of nitrogens with one attached hydrogen (secondary N) is 1. The van der Waals surface area contributed by atoms with Crippen molar-refractivity contribution in [2.24, 2.45) is 0 Å². The molecule has 5 nitrogen and oxygen atoms in total. The number of hydrogen-bond donors (Lipinski definition) is 1. The number of hydrogen-bond acceptors (Lipinski definition) is 5. The van der Waals surface area contributed by atoms with E-state index in [9.17, 15) is 9.18 Å². The minimum Gasteiger partial charge on any atom is -0.419 e. The Balaban J connectivity index is 1.73. The molecular weight excluding hydrogens is 297 g/mol. The van der Waals surface area contributed by atoms with Crippen molar-refractivity contribution in [1.82, 2.24) is 10.2 Å². The van der Waals surface area contributed by atoms with Crippen LogP contribution in [0, 0.1) is 5.82 Å². The van der Waals surface area contributed by atoms with Crippen LogP contribution in [0.1, 0.15) is 23.2 Å². The van der Waals surface area contributed by atoms with Gasteiger partial charge >= 0.3 is 0 Å². The Hall–Kier alpha value is -3.02. The summed E-state index contributed by atoms with van der Waals surface area (Å²) in [6.07, 6.45) is 0. The van der Waals surface area contributed by atoms with E-state index in [1.54, 1.807) is 24.3 Å². The maximum absolute atomic E-state index is 12.9. The first kappa shape index (κ1) is 14.9. The molecule has 0 unspecified atom stereocenters. The number of anilines is 1.